The van der Waals surface area contributed by atoms with Gasteiger partial charge in [-0.2, -0.15) is 0 Å². The molecule has 0 aromatic heterocycles. The van der Waals surface area contributed by atoms with E-state index in [9.17, 15) is 9.59 Å². The maximum atomic E-state index is 12.5. The molecule has 2 N–H and O–H groups in total. The lowest BCUT2D eigenvalue weighted by Crippen LogP contribution is -2.41. The number of amides is 2. The maximum Gasteiger partial charge on any atom is 0.265 e. The molecule has 0 aliphatic carbocycles. The zero-order valence-electron chi connectivity index (χ0n) is 15.3. The largest absolute Gasteiger partial charge is 0.479 e. The zero-order chi connectivity index (χ0) is 19.3. The predicted molar refractivity (Wildman–Crippen MR) is 104 cm³/mol. The zero-order valence-corrected chi connectivity index (χ0v) is 16.1. The van der Waals surface area contributed by atoms with Crippen LogP contribution in [0.4, 0.5) is 5.69 Å². The second kappa shape index (κ2) is 8.23. The summed E-state index contributed by atoms with van der Waals surface area (Å²) >= 11 is 6.05. The van der Waals surface area contributed by atoms with Crippen LogP contribution < -0.4 is 15.4 Å². The Bertz CT molecular complexity index is 800. The van der Waals surface area contributed by atoms with E-state index >= 15 is 0 Å². The quantitative estimate of drug-likeness (QED) is 0.821. The molecule has 0 fully saturated rings. The molecule has 0 saturated heterocycles. The van der Waals surface area contributed by atoms with Crippen molar-refractivity contribution in [1.82, 2.24) is 5.32 Å². The molecular formula is C20H23ClN2O3. The second-order valence-corrected chi connectivity index (χ2v) is 7.34. The van der Waals surface area contributed by atoms with E-state index in [0.717, 1.165) is 0 Å². The van der Waals surface area contributed by atoms with Gasteiger partial charge < -0.3 is 15.4 Å². The Balaban J connectivity index is 2.11. The number of halogens is 1. The third-order valence-corrected chi connectivity index (χ3v) is 3.74. The van der Waals surface area contributed by atoms with Gasteiger partial charge in [0.05, 0.1) is 16.3 Å². The third kappa shape index (κ3) is 5.49. The third-order valence-electron chi connectivity index (χ3n) is 3.43. The minimum Gasteiger partial charge on any atom is -0.479 e. The van der Waals surface area contributed by atoms with Crippen molar-refractivity contribution in [2.45, 2.75) is 39.3 Å². The minimum atomic E-state index is -0.784. The molecule has 0 aliphatic heterocycles. The molecule has 0 heterocycles. The standard InChI is InChI=1S/C20H23ClN2O3/c1-13(26-17-12-8-6-10-15(17)21)18(24)22-16-11-7-5-9-14(16)19(25)23-20(2,3)4/h5-13H,1-4H3,(H,22,24)(H,23,25)/t13-/m0/s1. The van der Waals surface area contributed by atoms with E-state index in [1.165, 1.54) is 0 Å². The van der Waals surface area contributed by atoms with Crippen LogP contribution in [0.1, 0.15) is 38.1 Å². The van der Waals surface area contributed by atoms with Crippen LogP contribution in [0, 0.1) is 0 Å². The number of ether oxygens (including phenoxy) is 1. The van der Waals surface area contributed by atoms with Gasteiger partial charge in [0.1, 0.15) is 5.75 Å². The number of para-hydroxylation sites is 2. The van der Waals surface area contributed by atoms with Gasteiger partial charge in [0, 0.05) is 5.54 Å². The molecule has 1 atom stereocenters. The number of anilines is 1. The van der Waals surface area contributed by atoms with Gasteiger partial charge in [-0.05, 0) is 52.0 Å². The predicted octanol–water partition coefficient (Wildman–Crippen LogP) is 4.27. The first kappa shape index (κ1) is 19.8. The maximum absolute atomic E-state index is 12.5. The normalized spacial score (nSPS) is 12.2. The summed E-state index contributed by atoms with van der Waals surface area (Å²) in [7, 11) is 0. The van der Waals surface area contributed by atoms with Gasteiger partial charge in [0.2, 0.25) is 0 Å². The van der Waals surface area contributed by atoms with Crippen molar-refractivity contribution in [3.63, 3.8) is 0 Å². The molecule has 0 saturated carbocycles. The first-order chi connectivity index (χ1) is 12.2. The Labute approximate surface area is 158 Å². The van der Waals surface area contributed by atoms with Gasteiger partial charge in [-0.1, -0.05) is 35.9 Å². The number of carbonyl (C=O) groups excluding carboxylic acids is 2. The molecule has 6 heteroatoms. The van der Waals surface area contributed by atoms with Crippen LogP contribution in [-0.4, -0.2) is 23.5 Å². The Morgan fingerprint density at radius 2 is 1.65 bits per heavy atom. The van der Waals surface area contributed by atoms with Gasteiger partial charge >= 0.3 is 0 Å². The van der Waals surface area contributed by atoms with E-state index in [1.807, 2.05) is 20.8 Å². The number of hydrogen-bond donors (Lipinski definition) is 2. The smallest absolute Gasteiger partial charge is 0.265 e. The summed E-state index contributed by atoms with van der Waals surface area (Å²) in [5.74, 6) is -0.204. The molecule has 26 heavy (non-hydrogen) atoms. The fourth-order valence-corrected chi connectivity index (χ4v) is 2.40. The molecule has 0 unspecified atom stereocenters. The monoisotopic (exact) mass is 374 g/mol. The fourth-order valence-electron chi connectivity index (χ4n) is 2.22. The lowest BCUT2D eigenvalue weighted by atomic mass is 10.1. The SMILES string of the molecule is C[C@H](Oc1ccccc1Cl)C(=O)Nc1ccccc1C(=O)NC(C)(C)C. The summed E-state index contributed by atoms with van der Waals surface area (Å²) in [4.78, 5) is 24.9. The molecule has 0 spiro atoms. The number of carbonyl (C=O) groups is 2. The van der Waals surface area contributed by atoms with Crippen molar-refractivity contribution in [3.8, 4) is 5.75 Å². The Morgan fingerprint density at radius 3 is 2.31 bits per heavy atom. The van der Waals surface area contributed by atoms with Crippen molar-refractivity contribution < 1.29 is 14.3 Å². The number of rotatable bonds is 5. The van der Waals surface area contributed by atoms with E-state index in [4.69, 9.17) is 16.3 Å². The average Bonchev–Trinajstić information content (AvgIpc) is 2.55. The van der Waals surface area contributed by atoms with E-state index in [1.54, 1.807) is 55.5 Å². The van der Waals surface area contributed by atoms with Crippen molar-refractivity contribution in [2.75, 3.05) is 5.32 Å². The number of nitrogens with one attached hydrogen (secondary N) is 2. The molecule has 2 aromatic rings. The molecule has 0 aliphatic rings. The van der Waals surface area contributed by atoms with Gasteiger partial charge in [0.25, 0.3) is 11.8 Å². The van der Waals surface area contributed by atoms with E-state index < -0.39 is 6.10 Å². The Kier molecular flexibility index (Phi) is 6.27. The summed E-state index contributed by atoms with van der Waals surface area (Å²) in [6.07, 6.45) is -0.784. The van der Waals surface area contributed by atoms with Crippen LogP contribution in [0.15, 0.2) is 48.5 Å². The molecule has 5 nitrogen and oxygen atoms in total. The van der Waals surface area contributed by atoms with Crippen LogP contribution in [0.5, 0.6) is 5.75 Å². The van der Waals surface area contributed by atoms with E-state index in [2.05, 4.69) is 10.6 Å². The highest BCUT2D eigenvalue weighted by Gasteiger charge is 2.21. The molecule has 2 aromatic carbocycles. The first-order valence-electron chi connectivity index (χ1n) is 8.31. The molecule has 2 rings (SSSR count). The summed E-state index contributed by atoms with van der Waals surface area (Å²) in [5, 5.41) is 6.06. The van der Waals surface area contributed by atoms with Gasteiger partial charge in [-0.3, -0.25) is 9.59 Å². The Hall–Kier alpha value is -2.53. The molecule has 138 valence electrons. The van der Waals surface area contributed by atoms with Crippen LogP contribution >= 0.6 is 11.6 Å². The summed E-state index contributed by atoms with van der Waals surface area (Å²) in [6.45, 7) is 7.30. The van der Waals surface area contributed by atoms with E-state index in [-0.39, 0.29) is 17.4 Å². The summed E-state index contributed by atoms with van der Waals surface area (Å²) in [5.41, 5.74) is 0.434. The van der Waals surface area contributed by atoms with Crippen LogP contribution in [0.3, 0.4) is 0 Å². The number of benzene rings is 2. The summed E-state index contributed by atoms with van der Waals surface area (Å²) in [6, 6.07) is 13.8. The van der Waals surface area contributed by atoms with Crippen LogP contribution in [-0.2, 0) is 4.79 Å². The van der Waals surface area contributed by atoms with Crippen molar-refractivity contribution in [1.29, 1.82) is 0 Å². The second-order valence-electron chi connectivity index (χ2n) is 6.93. The highest BCUT2D eigenvalue weighted by atomic mass is 35.5. The highest BCUT2D eigenvalue weighted by molar-refractivity contribution is 6.32. The fraction of sp³-hybridized carbons (Fsp3) is 0.300. The topological polar surface area (TPSA) is 67.4 Å². The molecule has 2 amide bonds. The van der Waals surface area contributed by atoms with Crippen molar-refractivity contribution in [3.05, 3.63) is 59.1 Å². The van der Waals surface area contributed by atoms with Crippen molar-refractivity contribution in [2.24, 2.45) is 0 Å². The molecule has 0 bridgehead atoms. The van der Waals surface area contributed by atoms with Gasteiger partial charge in [-0.15, -0.1) is 0 Å². The average molecular weight is 375 g/mol. The van der Waals surface area contributed by atoms with Crippen LogP contribution in [0.2, 0.25) is 5.02 Å². The first-order valence-corrected chi connectivity index (χ1v) is 8.69. The lowest BCUT2D eigenvalue weighted by Gasteiger charge is -2.22. The molecular weight excluding hydrogens is 352 g/mol. The summed E-state index contributed by atoms with van der Waals surface area (Å²) < 4.78 is 5.62. The van der Waals surface area contributed by atoms with Gasteiger partial charge in [-0.25, -0.2) is 0 Å². The number of hydrogen-bond acceptors (Lipinski definition) is 3. The van der Waals surface area contributed by atoms with Crippen molar-refractivity contribution >= 4 is 29.1 Å². The highest BCUT2D eigenvalue weighted by Crippen LogP contribution is 2.24. The lowest BCUT2D eigenvalue weighted by molar-refractivity contribution is -0.122. The molecule has 0 radical (unpaired) electrons. The Morgan fingerprint density at radius 1 is 1.04 bits per heavy atom. The van der Waals surface area contributed by atoms with Gasteiger partial charge in [0.15, 0.2) is 6.10 Å². The van der Waals surface area contributed by atoms with E-state index in [0.29, 0.717) is 22.0 Å². The van der Waals surface area contributed by atoms with Crippen LogP contribution in [0.25, 0.3) is 0 Å². The minimum absolute atomic E-state index is 0.256.